The molecule has 0 fully saturated rings. The third-order valence-electron chi connectivity index (χ3n) is 0.725. The number of aliphatic hydroxyl groups is 1. The topological polar surface area (TPSA) is 29.5 Å². The lowest BCUT2D eigenvalue weighted by atomic mass is 10.4. The highest BCUT2D eigenvalue weighted by molar-refractivity contribution is 7.80. The molecule has 0 aliphatic carbocycles. The lowest BCUT2D eigenvalue weighted by Gasteiger charge is -2.04. The summed E-state index contributed by atoms with van der Waals surface area (Å²) in [6.45, 7) is 2.95. The SMILES string of the molecule is CCOCC(O)CS. The van der Waals surface area contributed by atoms with Gasteiger partial charge >= 0.3 is 0 Å². The second-order valence-electron chi connectivity index (χ2n) is 1.50. The Morgan fingerprint density at radius 1 is 1.75 bits per heavy atom. The summed E-state index contributed by atoms with van der Waals surface area (Å²) in [5.41, 5.74) is 0. The van der Waals surface area contributed by atoms with Gasteiger partial charge in [0.15, 0.2) is 0 Å². The van der Waals surface area contributed by atoms with Gasteiger partial charge in [0.1, 0.15) is 0 Å². The number of thiol groups is 1. The first kappa shape index (κ1) is 8.27. The van der Waals surface area contributed by atoms with Gasteiger partial charge in [0.2, 0.25) is 0 Å². The molecule has 0 spiro atoms. The highest BCUT2D eigenvalue weighted by Crippen LogP contribution is 1.86. The summed E-state index contributed by atoms with van der Waals surface area (Å²) in [7, 11) is 0. The first-order valence-electron chi connectivity index (χ1n) is 2.68. The Labute approximate surface area is 55.3 Å². The molecule has 0 bridgehead atoms. The maximum Gasteiger partial charge on any atom is 0.0861 e. The van der Waals surface area contributed by atoms with Gasteiger partial charge in [-0.25, -0.2) is 0 Å². The van der Waals surface area contributed by atoms with Gasteiger partial charge in [0.05, 0.1) is 12.7 Å². The first-order chi connectivity index (χ1) is 3.81. The molecule has 2 nitrogen and oxygen atoms in total. The largest absolute Gasteiger partial charge is 0.390 e. The van der Waals surface area contributed by atoms with Crippen molar-refractivity contribution in [2.75, 3.05) is 19.0 Å². The van der Waals surface area contributed by atoms with Crippen molar-refractivity contribution in [2.45, 2.75) is 13.0 Å². The lowest BCUT2D eigenvalue weighted by Crippen LogP contribution is -2.16. The van der Waals surface area contributed by atoms with Gasteiger partial charge in [-0.15, -0.1) is 0 Å². The van der Waals surface area contributed by atoms with E-state index in [4.69, 9.17) is 9.84 Å². The second kappa shape index (κ2) is 5.41. The molecule has 0 saturated heterocycles. The molecule has 0 aromatic heterocycles. The van der Waals surface area contributed by atoms with Crippen molar-refractivity contribution in [2.24, 2.45) is 0 Å². The Morgan fingerprint density at radius 3 is 2.75 bits per heavy atom. The van der Waals surface area contributed by atoms with Gasteiger partial charge in [0, 0.05) is 12.4 Å². The maximum absolute atomic E-state index is 8.79. The summed E-state index contributed by atoms with van der Waals surface area (Å²) >= 11 is 3.86. The zero-order valence-corrected chi connectivity index (χ0v) is 5.90. The van der Waals surface area contributed by atoms with E-state index in [1.807, 2.05) is 6.92 Å². The van der Waals surface area contributed by atoms with Gasteiger partial charge in [-0.2, -0.15) is 12.6 Å². The molecule has 0 saturated carbocycles. The van der Waals surface area contributed by atoms with Crippen molar-refractivity contribution in [3.05, 3.63) is 0 Å². The van der Waals surface area contributed by atoms with Gasteiger partial charge < -0.3 is 9.84 Å². The van der Waals surface area contributed by atoms with Crippen LogP contribution in [0.5, 0.6) is 0 Å². The average Bonchev–Trinajstić information content (AvgIpc) is 1.83. The fraction of sp³-hybridized carbons (Fsp3) is 1.00. The smallest absolute Gasteiger partial charge is 0.0861 e. The van der Waals surface area contributed by atoms with Gasteiger partial charge in [-0.3, -0.25) is 0 Å². The van der Waals surface area contributed by atoms with Crippen LogP contribution in [0.25, 0.3) is 0 Å². The van der Waals surface area contributed by atoms with Gasteiger partial charge in [-0.1, -0.05) is 0 Å². The molecule has 0 aliphatic rings. The third kappa shape index (κ3) is 4.43. The summed E-state index contributed by atoms with van der Waals surface area (Å²) < 4.78 is 4.89. The molecule has 0 rings (SSSR count). The summed E-state index contributed by atoms with van der Waals surface area (Å²) in [6, 6.07) is 0. The van der Waals surface area contributed by atoms with Crippen molar-refractivity contribution in [3.63, 3.8) is 0 Å². The Morgan fingerprint density at radius 2 is 2.38 bits per heavy atom. The second-order valence-corrected chi connectivity index (χ2v) is 1.86. The van der Waals surface area contributed by atoms with E-state index in [-0.39, 0.29) is 0 Å². The summed E-state index contributed by atoms with van der Waals surface area (Å²) in [4.78, 5) is 0. The van der Waals surface area contributed by atoms with Crippen molar-refractivity contribution in [1.82, 2.24) is 0 Å². The van der Waals surface area contributed by atoms with Crippen molar-refractivity contribution in [1.29, 1.82) is 0 Å². The van der Waals surface area contributed by atoms with E-state index in [1.54, 1.807) is 0 Å². The third-order valence-corrected chi connectivity index (χ3v) is 1.15. The van der Waals surface area contributed by atoms with Crippen LogP contribution in [0.4, 0.5) is 0 Å². The van der Waals surface area contributed by atoms with E-state index in [9.17, 15) is 0 Å². The van der Waals surface area contributed by atoms with Crippen molar-refractivity contribution < 1.29 is 9.84 Å². The Hall–Kier alpha value is 0.270. The zero-order chi connectivity index (χ0) is 6.41. The van der Waals surface area contributed by atoms with Gasteiger partial charge in [0.25, 0.3) is 0 Å². The van der Waals surface area contributed by atoms with Gasteiger partial charge in [-0.05, 0) is 6.92 Å². The van der Waals surface area contributed by atoms with E-state index in [0.717, 1.165) is 0 Å². The molecule has 1 unspecified atom stereocenters. The predicted octanol–water partition coefficient (Wildman–Crippen LogP) is 0.314. The lowest BCUT2D eigenvalue weighted by molar-refractivity contribution is 0.0553. The summed E-state index contributed by atoms with van der Waals surface area (Å²) in [6.07, 6.45) is -0.404. The van der Waals surface area contributed by atoms with Crippen LogP contribution >= 0.6 is 12.6 Å². The molecule has 8 heavy (non-hydrogen) atoms. The average molecular weight is 136 g/mol. The molecule has 0 amide bonds. The monoisotopic (exact) mass is 136 g/mol. The van der Waals surface area contributed by atoms with Crippen molar-refractivity contribution >= 4 is 12.6 Å². The van der Waals surface area contributed by atoms with E-state index >= 15 is 0 Å². The molecule has 1 atom stereocenters. The summed E-state index contributed by atoms with van der Waals surface area (Å²) in [5.74, 6) is 0.472. The predicted molar refractivity (Wildman–Crippen MR) is 36.4 cm³/mol. The number of hydrogen-bond acceptors (Lipinski definition) is 3. The Kier molecular flexibility index (Phi) is 5.59. The maximum atomic E-state index is 8.79. The molecule has 0 aliphatic heterocycles. The van der Waals surface area contributed by atoms with Crippen LogP contribution in [0.3, 0.4) is 0 Å². The first-order valence-corrected chi connectivity index (χ1v) is 3.31. The fourth-order valence-corrected chi connectivity index (χ4v) is 0.412. The molecule has 0 heterocycles. The summed E-state index contributed by atoms with van der Waals surface area (Å²) in [5, 5.41) is 8.79. The minimum Gasteiger partial charge on any atom is -0.390 e. The molecule has 0 radical (unpaired) electrons. The standard InChI is InChI=1S/C5H12O2S/c1-2-7-3-5(6)4-8/h5-6,8H,2-4H2,1H3. The molecule has 0 aromatic carbocycles. The zero-order valence-electron chi connectivity index (χ0n) is 5.00. The molecular formula is C5H12O2S. The number of rotatable bonds is 4. The molecule has 3 heteroatoms. The van der Waals surface area contributed by atoms with E-state index in [1.165, 1.54) is 0 Å². The van der Waals surface area contributed by atoms with Crippen molar-refractivity contribution in [3.8, 4) is 0 Å². The Balaban J connectivity index is 2.86. The minimum atomic E-state index is -0.404. The number of hydrogen-bond donors (Lipinski definition) is 2. The van der Waals surface area contributed by atoms with Crippen LogP contribution in [0, 0.1) is 0 Å². The highest BCUT2D eigenvalue weighted by Gasteiger charge is 1.97. The molecule has 1 N–H and O–H groups in total. The fourth-order valence-electron chi connectivity index (χ4n) is 0.307. The Bertz CT molecular complexity index is 49.7. The van der Waals surface area contributed by atoms with Crippen LogP contribution in [0.15, 0.2) is 0 Å². The highest BCUT2D eigenvalue weighted by atomic mass is 32.1. The molecule has 50 valence electrons. The molecule has 0 aromatic rings. The van der Waals surface area contributed by atoms with Crippen LogP contribution in [-0.2, 0) is 4.74 Å². The minimum absolute atomic E-state index is 0.403. The quantitative estimate of drug-likeness (QED) is 0.545. The van der Waals surface area contributed by atoms with Crippen LogP contribution in [0.1, 0.15) is 6.92 Å². The van der Waals surface area contributed by atoms with Crippen LogP contribution in [-0.4, -0.2) is 30.2 Å². The van der Waals surface area contributed by atoms with Crippen LogP contribution < -0.4 is 0 Å². The van der Waals surface area contributed by atoms with E-state index < -0.39 is 6.10 Å². The van der Waals surface area contributed by atoms with Crippen LogP contribution in [0.2, 0.25) is 0 Å². The molecular weight excluding hydrogens is 124 g/mol. The van der Waals surface area contributed by atoms with E-state index in [2.05, 4.69) is 12.6 Å². The number of aliphatic hydroxyl groups excluding tert-OH is 1. The number of ether oxygens (including phenoxy) is 1. The normalized spacial score (nSPS) is 13.9. The van der Waals surface area contributed by atoms with E-state index in [0.29, 0.717) is 19.0 Å².